The van der Waals surface area contributed by atoms with Gasteiger partial charge in [0.15, 0.2) is 5.65 Å². The van der Waals surface area contributed by atoms with Crippen molar-refractivity contribution in [2.24, 2.45) is 0 Å². The van der Waals surface area contributed by atoms with E-state index in [4.69, 9.17) is 9.47 Å². The Balaban J connectivity index is 2.14. The molecule has 0 saturated carbocycles. The van der Waals surface area contributed by atoms with Crippen LogP contribution in [0.3, 0.4) is 0 Å². The van der Waals surface area contributed by atoms with Crippen LogP contribution in [0.2, 0.25) is 0 Å². The highest BCUT2D eigenvalue weighted by molar-refractivity contribution is 6.00. The molecule has 0 saturated heterocycles. The summed E-state index contributed by atoms with van der Waals surface area (Å²) in [6.45, 7) is 2.08. The van der Waals surface area contributed by atoms with Crippen molar-refractivity contribution >= 4 is 11.6 Å². The number of fused-ring (bicyclic) bond motifs is 1. The molecule has 3 rings (SSSR count). The highest BCUT2D eigenvalue weighted by Gasteiger charge is 2.23. The molecule has 0 fully saturated rings. The molecule has 1 N–H and O–H groups in total. The smallest absolute Gasteiger partial charge is 0.280 e. The van der Waals surface area contributed by atoms with Crippen LogP contribution in [0.15, 0.2) is 36.5 Å². The van der Waals surface area contributed by atoms with Gasteiger partial charge in [-0.05, 0) is 25.1 Å². The molecule has 0 aliphatic carbocycles. The van der Waals surface area contributed by atoms with E-state index in [9.17, 15) is 13.6 Å². The number of carbonyl (C=O) groups is 1. The Kier molecular flexibility index (Phi) is 5.84. The number of para-hydroxylation sites is 1. The van der Waals surface area contributed by atoms with Crippen molar-refractivity contribution in [3.63, 3.8) is 0 Å². The van der Waals surface area contributed by atoms with Gasteiger partial charge < -0.3 is 14.8 Å². The molecule has 7 nitrogen and oxygen atoms in total. The highest BCUT2D eigenvalue weighted by atomic mass is 19.3. The molecule has 0 aliphatic heterocycles. The molecular weight excluding hydrogens is 370 g/mol. The van der Waals surface area contributed by atoms with Gasteiger partial charge in [0.05, 0.1) is 25.6 Å². The van der Waals surface area contributed by atoms with Gasteiger partial charge in [-0.25, -0.2) is 18.3 Å². The maximum absolute atomic E-state index is 13.7. The average Bonchev–Trinajstić information content (AvgIpc) is 3.11. The number of nitrogens with one attached hydrogen (secondary N) is 1. The molecule has 0 bridgehead atoms. The monoisotopic (exact) mass is 390 g/mol. The lowest BCUT2D eigenvalue weighted by Gasteiger charge is -2.13. The number of nitrogens with zero attached hydrogens (tertiary/aromatic N) is 3. The number of alkyl halides is 2. The fraction of sp³-hybridized carbons (Fsp3) is 0.316. The molecule has 0 aliphatic rings. The lowest BCUT2D eigenvalue weighted by atomic mass is 10.1. The Bertz CT molecular complexity index is 990. The quantitative estimate of drug-likeness (QED) is 0.671. The minimum absolute atomic E-state index is 0.0424. The van der Waals surface area contributed by atoms with Gasteiger partial charge in [-0.2, -0.15) is 5.10 Å². The van der Waals surface area contributed by atoms with E-state index < -0.39 is 12.3 Å². The van der Waals surface area contributed by atoms with E-state index in [1.165, 1.54) is 26.5 Å². The third-order valence-corrected chi connectivity index (χ3v) is 4.14. The Labute approximate surface area is 160 Å². The van der Waals surface area contributed by atoms with Crippen molar-refractivity contribution in [1.82, 2.24) is 19.9 Å². The van der Waals surface area contributed by atoms with Crippen molar-refractivity contribution < 1.29 is 23.0 Å². The molecule has 0 radical (unpaired) electrons. The van der Waals surface area contributed by atoms with Crippen LogP contribution in [-0.4, -0.2) is 47.4 Å². The van der Waals surface area contributed by atoms with E-state index in [1.54, 1.807) is 31.2 Å². The predicted molar refractivity (Wildman–Crippen MR) is 98.7 cm³/mol. The number of carbonyl (C=O) groups excluding carboxylic acids is 1. The Morgan fingerprint density at radius 1 is 1.29 bits per heavy atom. The van der Waals surface area contributed by atoms with Crippen molar-refractivity contribution in [1.29, 1.82) is 0 Å². The molecule has 0 spiro atoms. The van der Waals surface area contributed by atoms with Crippen LogP contribution in [0.4, 0.5) is 8.78 Å². The van der Waals surface area contributed by atoms with Crippen molar-refractivity contribution in [3.05, 3.63) is 47.8 Å². The summed E-state index contributed by atoms with van der Waals surface area (Å²) in [5.41, 5.74) is 0.576. The number of amides is 1. The number of ether oxygens (including phenoxy) is 2. The first-order valence-corrected chi connectivity index (χ1v) is 8.56. The van der Waals surface area contributed by atoms with Gasteiger partial charge in [0.1, 0.15) is 17.0 Å². The van der Waals surface area contributed by atoms with Crippen molar-refractivity contribution in [2.45, 2.75) is 19.4 Å². The van der Waals surface area contributed by atoms with Gasteiger partial charge >= 0.3 is 0 Å². The summed E-state index contributed by atoms with van der Waals surface area (Å²) >= 11 is 0. The van der Waals surface area contributed by atoms with Crippen molar-refractivity contribution in [2.75, 3.05) is 20.8 Å². The number of hydrogen-bond acceptors (Lipinski definition) is 5. The molecule has 2 aromatic heterocycles. The zero-order valence-corrected chi connectivity index (χ0v) is 15.6. The topological polar surface area (TPSA) is 77.8 Å². The molecule has 3 aromatic rings. The lowest BCUT2D eigenvalue weighted by Crippen LogP contribution is -2.35. The standard InChI is InChI=1S/C19H20F2N4O3/c1-11(10-27-2)23-19(26)13-9-22-25-15(17(20)21)8-14(24-18(13)25)12-6-4-5-7-16(12)28-3/h4-9,11,17H,10H2,1-3H3,(H,23,26). The number of benzene rings is 1. The summed E-state index contributed by atoms with van der Waals surface area (Å²) in [6, 6.07) is 7.92. The minimum Gasteiger partial charge on any atom is -0.496 e. The van der Waals surface area contributed by atoms with Crippen LogP contribution in [0.25, 0.3) is 16.9 Å². The maximum Gasteiger partial charge on any atom is 0.280 e. The van der Waals surface area contributed by atoms with Crippen LogP contribution >= 0.6 is 0 Å². The predicted octanol–water partition coefficient (Wildman–Crippen LogP) is 3.11. The van der Waals surface area contributed by atoms with Crippen LogP contribution < -0.4 is 10.1 Å². The lowest BCUT2D eigenvalue weighted by molar-refractivity contribution is 0.0907. The molecule has 1 unspecified atom stereocenters. The summed E-state index contributed by atoms with van der Waals surface area (Å²) in [5, 5.41) is 6.68. The second-order valence-corrected chi connectivity index (χ2v) is 6.19. The van der Waals surface area contributed by atoms with Gasteiger partial charge in [-0.15, -0.1) is 0 Å². The first kappa shape index (κ1) is 19.7. The minimum atomic E-state index is -2.80. The largest absolute Gasteiger partial charge is 0.496 e. The highest BCUT2D eigenvalue weighted by Crippen LogP contribution is 2.32. The first-order valence-electron chi connectivity index (χ1n) is 8.56. The van der Waals surface area contributed by atoms with E-state index in [-0.39, 0.29) is 28.6 Å². The van der Waals surface area contributed by atoms with Crippen molar-refractivity contribution in [3.8, 4) is 17.0 Å². The summed E-state index contributed by atoms with van der Waals surface area (Å²) < 4.78 is 38.6. The van der Waals surface area contributed by atoms with Gasteiger partial charge in [0.25, 0.3) is 12.3 Å². The third-order valence-electron chi connectivity index (χ3n) is 4.14. The summed E-state index contributed by atoms with van der Waals surface area (Å²) in [7, 11) is 3.01. The number of halogens is 2. The second-order valence-electron chi connectivity index (χ2n) is 6.19. The number of hydrogen-bond donors (Lipinski definition) is 1. The summed E-state index contributed by atoms with van der Waals surface area (Å²) in [5.74, 6) is 0.0169. The molecule has 9 heteroatoms. The van der Waals surface area contributed by atoms with E-state index in [0.29, 0.717) is 17.9 Å². The van der Waals surface area contributed by atoms with Crippen LogP contribution in [0.5, 0.6) is 5.75 Å². The van der Waals surface area contributed by atoms with E-state index in [0.717, 1.165) is 4.52 Å². The fourth-order valence-electron chi connectivity index (χ4n) is 2.89. The van der Waals surface area contributed by atoms with Gasteiger partial charge in [-0.3, -0.25) is 4.79 Å². The zero-order valence-electron chi connectivity index (χ0n) is 15.6. The van der Waals surface area contributed by atoms with E-state index >= 15 is 0 Å². The number of methoxy groups -OCH3 is 2. The van der Waals surface area contributed by atoms with Gasteiger partial charge in [-0.1, -0.05) is 12.1 Å². The molecule has 2 heterocycles. The first-order chi connectivity index (χ1) is 13.5. The third kappa shape index (κ3) is 3.79. The van der Waals surface area contributed by atoms with Gasteiger partial charge in [0.2, 0.25) is 0 Å². The molecule has 1 amide bonds. The summed E-state index contributed by atoms with van der Waals surface area (Å²) in [6.07, 6.45) is -1.57. The molecular formula is C19H20F2N4O3. The van der Waals surface area contributed by atoms with Gasteiger partial charge in [0, 0.05) is 18.7 Å². The maximum atomic E-state index is 13.7. The number of aromatic nitrogens is 3. The Morgan fingerprint density at radius 3 is 2.71 bits per heavy atom. The van der Waals surface area contributed by atoms with Crippen LogP contribution in [-0.2, 0) is 4.74 Å². The normalized spacial score (nSPS) is 12.4. The fourth-order valence-corrected chi connectivity index (χ4v) is 2.89. The van der Waals surface area contributed by atoms with E-state index in [1.807, 2.05) is 0 Å². The Hall–Kier alpha value is -3.07. The molecule has 1 aromatic carbocycles. The van der Waals surface area contributed by atoms with Crippen LogP contribution in [0.1, 0.15) is 29.4 Å². The Morgan fingerprint density at radius 2 is 2.04 bits per heavy atom. The number of rotatable bonds is 7. The molecule has 1 atom stereocenters. The van der Waals surface area contributed by atoms with Crippen LogP contribution in [0, 0.1) is 0 Å². The zero-order chi connectivity index (χ0) is 20.3. The second kappa shape index (κ2) is 8.30. The molecule has 148 valence electrons. The molecule has 28 heavy (non-hydrogen) atoms. The summed E-state index contributed by atoms with van der Waals surface area (Å²) in [4.78, 5) is 17.0. The SMILES string of the molecule is COCC(C)NC(=O)c1cnn2c(C(F)F)cc(-c3ccccc3OC)nc12. The average molecular weight is 390 g/mol. The van der Waals surface area contributed by atoms with E-state index in [2.05, 4.69) is 15.4 Å².